The van der Waals surface area contributed by atoms with Crippen molar-refractivity contribution in [3.8, 4) is 5.75 Å². The minimum absolute atomic E-state index is 0.123. The van der Waals surface area contributed by atoms with Gasteiger partial charge in [0.05, 0.1) is 5.41 Å². The van der Waals surface area contributed by atoms with Crippen LogP contribution in [0.3, 0.4) is 0 Å². The molecule has 0 amide bonds. The van der Waals surface area contributed by atoms with Gasteiger partial charge in [0.1, 0.15) is 17.6 Å². The predicted molar refractivity (Wildman–Crippen MR) is 75.4 cm³/mol. The smallest absolute Gasteiger partial charge is 0.146 e. The van der Waals surface area contributed by atoms with Crippen LogP contribution in [0.1, 0.15) is 51.0 Å². The first kappa shape index (κ1) is 12.7. The lowest BCUT2D eigenvalue weighted by molar-refractivity contribution is -0.151. The van der Waals surface area contributed by atoms with Gasteiger partial charge >= 0.3 is 0 Å². The van der Waals surface area contributed by atoms with E-state index in [1.54, 1.807) is 0 Å². The molecule has 0 heterocycles. The van der Waals surface area contributed by atoms with Gasteiger partial charge < -0.3 is 4.74 Å². The number of benzene rings is 1. The van der Waals surface area contributed by atoms with Crippen LogP contribution in [0, 0.1) is 5.41 Å². The lowest BCUT2D eigenvalue weighted by Gasteiger charge is -2.44. The van der Waals surface area contributed by atoms with Crippen molar-refractivity contribution in [2.24, 2.45) is 5.41 Å². The standard InChI is InChI=1S/C17H22O2/c1-2-5-13-6-8-14(9-7-13)19-16-12-15(18)17(16)10-3-4-11-17/h6-9,16H,2-5,10-12H2,1H3. The largest absolute Gasteiger partial charge is 0.489 e. The average Bonchev–Trinajstić information content (AvgIpc) is 2.93. The molecule has 19 heavy (non-hydrogen) atoms. The summed E-state index contributed by atoms with van der Waals surface area (Å²) < 4.78 is 6.07. The third-order valence-corrected chi connectivity index (χ3v) is 4.78. The van der Waals surface area contributed by atoms with Crippen LogP contribution in [0.25, 0.3) is 0 Å². The Morgan fingerprint density at radius 2 is 1.89 bits per heavy atom. The second kappa shape index (κ2) is 4.99. The number of hydrogen-bond acceptors (Lipinski definition) is 2. The number of ketones is 1. The second-order valence-electron chi connectivity index (χ2n) is 5.99. The summed E-state index contributed by atoms with van der Waals surface area (Å²) in [6.45, 7) is 2.19. The first-order valence-corrected chi connectivity index (χ1v) is 7.53. The summed E-state index contributed by atoms with van der Waals surface area (Å²) in [5, 5.41) is 0. The summed E-state index contributed by atoms with van der Waals surface area (Å²) in [7, 11) is 0. The number of rotatable bonds is 4. The van der Waals surface area contributed by atoms with Crippen molar-refractivity contribution >= 4 is 5.78 Å². The van der Waals surface area contributed by atoms with Gasteiger partial charge in [-0.05, 0) is 37.0 Å². The highest BCUT2D eigenvalue weighted by Gasteiger charge is 2.57. The predicted octanol–water partition coefficient (Wildman–Crippen LogP) is 3.92. The Hall–Kier alpha value is -1.31. The number of hydrogen-bond donors (Lipinski definition) is 0. The Bertz CT molecular complexity index is 455. The molecule has 2 fully saturated rings. The molecular weight excluding hydrogens is 236 g/mol. The van der Waals surface area contributed by atoms with Gasteiger partial charge in [0.25, 0.3) is 0 Å². The third-order valence-electron chi connectivity index (χ3n) is 4.78. The Morgan fingerprint density at radius 1 is 1.21 bits per heavy atom. The Labute approximate surface area is 115 Å². The van der Waals surface area contributed by atoms with Gasteiger partial charge in [-0.15, -0.1) is 0 Å². The third kappa shape index (κ3) is 2.18. The molecule has 0 aliphatic heterocycles. The number of carbonyl (C=O) groups is 1. The van der Waals surface area contributed by atoms with Gasteiger partial charge in [0.15, 0.2) is 0 Å². The zero-order chi connectivity index (χ0) is 13.3. The fourth-order valence-corrected chi connectivity index (χ4v) is 3.56. The van der Waals surface area contributed by atoms with E-state index < -0.39 is 0 Å². The van der Waals surface area contributed by atoms with E-state index in [-0.39, 0.29) is 11.5 Å². The molecular formula is C17H22O2. The molecule has 2 heteroatoms. The average molecular weight is 258 g/mol. The second-order valence-corrected chi connectivity index (χ2v) is 5.99. The first-order valence-electron chi connectivity index (χ1n) is 7.53. The fraction of sp³-hybridized carbons (Fsp3) is 0.588. The summed E-state index contributed by atoms with van der Waals surface area (Å²) in [5.74, 6) is 1.35. The van der Waals surface area contributed by atoms with Gasteiger partial charge in [0.2, 0.25) is 0 Å². The van der Waals surface area contributed by atoms with Crippen molar-refractivity contribution in [1.82, 2.24) is 0 Å². The van der Waals surface area contributed by atoms with Crippen LogP contribution in [0.2, 0.25) is 0 Å². The van der Waals surface area contributed by atoms with E-state index >= 15 is 0 Å². The molecule has 0 saturated heterocycles. The quantitative estimate of drug-likeness (QED) is 0.818. The van der Waals surface area contributed by atoms with Crippen molar-refractivity contribution < 1.29 is 9.53 Å². The number of ether oxygens (including phenoxy) is 1. The van der Waals surface area contributed by atoms with E-state index in [0.717, 1.165) is 25.0 Å². The van der Waals surface area contributed by atoms with Gasteiger partial charge in [-0.3, -0.25) is 4.79 Å². The van der Waals surface area contributed by atoms with Gasteiger partial charge in [0, 0.05) is 6.42 Å². The van der Waals surface area contributed by atoms with E-state index in [0.29, 0.717) is 12.2 Å². The van der Waals surface area contributed by atoms with Crippen molar-refractivity contribution in [2.45, 2.75) is 58.0 Å². The molecule has 1 aromatic carbocycles. The lowest BCUT2D eigenvalue weighted by atomic mass is 9.63. The molecule has 102 valence electrons. The highest BCUT2D eigenvalue weighted by molar-refractivity contribution is 5.92. The number of aryl methyl sites for hydroxylation is 1. The molecule has 1 aromatic rings. The van der Waals surface area contributed by atoms with Crippen molar-refractivity contribution in [3.05, 3.63) is 29.8 Å². The molecule has 3 rings (SSSR count). The van der Waals surface area contributed by atoms with Crippen LogP contribution in [-0.4, -0.2) is 11.9 Å². The van der Waals surface area contributed by atoms with Crippen LogP contribution in [0.15, 0.2) is 24.3 Å². The zero-order valence-corrected chi connectivity index (χ0v) is 11.7. The van der Waals surface area contributed by atoms with E-state index in [2.05, 4.69) is 31.2 Å². The minimum Gasteiger partial charge on any atom is -0.489 e. The molecule has 2 aliphatic rings. The molecule has 1 atom stereocenters. The Balaban J connectivity index is 1.67. The molecule has 1 spiro atoms. The number of carbonyl (C=O) groups excluding carboxylic acids is 1. The molecule has 0 N–H and O–H groups in total. The number of Topliss-reactive ketones (excluding diaryl/α,β-unsaturated/α-hetero) is 1. The lowest BCUT2D eigenvalue weighted by Crippen LogP contribution is -2.55. The van der Waals surface area contributed by atoms with E-state index in [9.17, 15) is 4.79 Å². The van der Waals surface area contributed by atoms with Crippen LogP contribution in [-0.2, 0) is 11.2 Å². The molecule has 0 radical (unpaired) electrons. The van der Waals surface area contributed by atoms with Crippen LogP contribution >= 0.6 is 0 Å². The van der Waals surface area contributed by atoms with Crippen LogP contribution < -0.4 is 4.74 Å². The van der Waals surface area contributed by atoms with E-state index in [1.165, 1.54) is 24.8 Å². The van der Waals surface area contributed by atoms with Crippen LogP contribution in [0.4, 0.5) is 0 Å². The first-order chi connectivity index (χ1) is 9.24. The van der Waals surface area contributed by atoms with E-state index in [4.69, 9.17) is 4.74 Å². The SMILES string of the molecule is CCCc1ccc(OC2CC(=O)C23CCCC3)cc1. The van der Waals surface area contributed by atoms with Gasteiger partial charge in [-0.2, -0.15) is 0 Å². The van der Waals surface area contributed by atoms with Crippen molar-refractivity contribution in [2.75, 3.05) is 0 Å². The summed E-state index contributed by atoms with van der Waals surface area (Å²) >= 11 is 0. The Kier molecular flexibility index (Phi) is 3.34. The van der Waals surface area contributed by atoms with E-state index in [1.807, 2.05) is 0 Å². The maximum atomic E-state index is 11.9. The molecule has 1 unspecified atom stereocenters. The molecule has 2 saturated carbocycles. The maximum Gasteiger partial charge on any atom is 0.146 e. The van der Waals surface area contributed by atoms with Crippen molar-refractivity contribution in [1.29, 1.82) is 0 Å². The molecule has 0 bridgehead atoms. The van der Waals surface area contributed by atoms with Crippen molar-refractivity contribution in [3.63, 3.8) is 0 Å². The summed E-state index contributed by atoms with van der Waals surface area (Å²) in [5.41, 5.74) is 1.23. The summed E-state index contributed by atoms with van der Waals surface area (Å²) in [6, 6.07) is 8.38. The zero-order valence-electron chi connectivity index (χ0n) is 11.7. The van der Waals surface area contributed by atoms with Gasteiger partial charge in [-0.25, -0.2) is 0 Å². The summed E-state index contributed by atoms with van der Waals surface area (Å²) in [4.78, 5) is 11.9. The highest BCUT2D eigenvalue weighted by atomic mass is 16.5. The highest BCUT2D eigenvalue weighted by Crippen LogP contribution is 2.51. The summed E-state index contributed by atoms with van der Waals surface area (Å²) in [6.07, 6.45) is 7.44. The minimum atomic E-state index is -0.123. The normalized spacial score (nSPS) is 24.5. The molecule has 2 nitrogen and oxygen atoms in total. The fourth-order valence-electron chi connectivity index (χ4n) is 3.56. The topological polar surface area (TPSA) is 26.3 Å². The monoisotopic (exact) mass is 258 g/mol. The molecule has 0 aromatic heterocycles. The maximum absolute atomic E-state index is 11.9. The Morgan fingerprint density at radius 3 is 2.47 bits per heavy atom. The van der Waals surface area contributed by atoms with Gasteiger partial charge in [-0.1, -0.05) is 38.3 Å². The molecule has 2 aliphatic carbocycles. The van der Waals surface area contributed by atoms with Crippen LogP contribution in [0.5, 0.6) is 5.75 Å².